The van der Waals surface area contributed by atoms with Crippen LogP contribution in [0.25, 0.3) is 0 Å². The number of carbonyl (C=O) groups is 2. The highest BCUT2D eigenvalue weighted by Crippen LogP contribution is 2.21. The zero-order valence-electron chi connectivity index (χ0n) is 14.9. The number of piperidine rings is 1. The number of nitrogens with zero attached hydrogens (tertiary/aromatic N) is 3. The van der Waals surface area contributed by atoms with Crippen molar-refractivity contribution in [1.82, 2.24) is 14.7 Å². The summed E-state index contributed by atoms with van der Waals surface area (Å²) in [6.07, 6.45) is 1.20. The molecule has 138 valence electrons. The first kappa shape index (κ1) is 18.5. The maximum absolute atomic E-state index is 12.6. The third-order valence-corrected chi connectivity index (χ3v) is 5.45. The predicted molar refractivity (Wildman–Crippen MR) is 98.3 cm³/mol. The van der Waals surface area contributed by atoms with Crippen LogP contribution in [0.5, 0.6) is 0 Å². The Balaban J connectivity index is 1.47. The molecule has 1 aromatic heterocycles. The lowest BCUT2D eigenvalue weighted by atomic mass is 9.92. The van der Waals surface area contributed by atoms with Crippen molar-refractivity contribution in [2.24, 2.45) is 11.8 Å². The Kier molecular flexibility index (Phi) is 5.84. The van der Waals surface area contributed by atoms with Gasteiger partial charge in [0.1, 0.15) is 0 Å². The van der Waals surface area contributed by atoms with Gasteiger partial charge in [0.05, 0.1) is 6.54 Å². The highest BCUT2D eigenvalue weighted by molar-refractivity contribution is 9.10. The van der Waals surface area contributed by atoms with E-state index in [4.69, 9.17) is 4.42 Å². The molecule has 7 heteroatoms. The number of likely N-dealkylation sites (tertiary alicyclic amines) is 1. The van der Waals surface area contributed by atoms with Gasteiger partial charge in [-0.2, -0.15) is 0 Å². The molecular weight excluding hydrogens is 386 g/mol. The van der Waals surface area contributed by atoms with E-state index in [9.17, 15) is 9.59 Å². The molecule has 0 spiro atoms. The molecule has 2 fully saturated rings. The van der Waals surface area contributed by atoms with Gasteiger partial charge in [0.2, 0.25) is 5.91 Å². The van der Waals surface area contributed by atoms with Crippen LogP contribution in [0.1, 0.15) is 30.8 Å². The molecule has 0 aromatic carbocycles. The van der Waals surface area contributed by atoms with Gasteiger partial charge in [0, 0.05) is 39.3 Å². The van der Waals surface area contributed by atoms with Gasteiger partial charge in [-0.15, -0.1) is 0 Å². The first-order chi connectivity index (χ1) is 11.9. The summed E-state index contributed by atoms with van der Waals surface area (Å²) in [5, 5.41) is 0. The Labute approximate surface area is 157 Å². The summed E-state index contributed by atoms with van der Waals surface area (Å²) in [6.45, 7) is 9.31. The topological polar surface area (TPSA) is 57.0 Å². The van der Waals surface area contributed by atoms with Crippen LogP contribution in [0.4, 0.5) is 0 Å². The standard InChI is InChI=1S/C18H26BrN3O3/c1-13-9-14(2)11-22(10-13)17(23)12-20-5-7-21(8-6-20)18(24)15-3-4-16(19)25-15/h3-4,13-14H,5-12H2,1-2H3. The highest BCUT2D eigenvalue weighted by Gasteiger charge is 2.29. The number of hydrogen-bond donors (Lipinski definition) is 0. The highest BCUT2D eigenvalue weighted by atomic mass is 79.9. The van der Waals surface area contributed by atoms with Gasteiger partial charge < -0.3 is 14.2 Å². The number of furan rings is 1. The molecule has 1 aromatic rings. The summed E-state index contributed by atoms with van der Waals surface area (Å²) >= 11 is 3.22. The molecule has 3 rings (SSSR count). The van der Waals surface area contributed by atoms with E-state index in [0.29, 0.717) is 41.9 Å². The summed E-state index contributed by atoms with van der Waals surface area (Å²) in [4.78, 5) is 30.9. The van der Waals surface area contributed by atoms with Crippen LogP contribution < -0.4 is 0 Å². The normalized spacial score (nSPS) is 25.2. The first-order valence-electron chi connectivity index (χ1n) is 8.97. The van der Waals surface area contributed by atoms with Gasteiger partial charge in [-0.05, 0) is 46.3 Å². The van der Waals surface area contributed by atoms with E-state index in [1.54, 1.807) is 17.0 Å². The van der Waals surface area contributed by atoms with Gasteiger partial charge in [-0.3, -0.25) is 14.5 Å². The van der Waals surface area contributed by atoms with Crippen molar-refractivity contribution < 1.29 is 14.0 Å². The van der Waals surface area contributed by atoms with Crippen LogP contribution in [0.3, 0.4) is 0 Å². The average Bonchev–Trinajstić information content (AvgIpc) is 3.00. The quantitative estimate of drug-likeness (QED) is 0.765. The second-order valence-corrected chi connectivity index (χ2v) is 8.20. The minimum absolute atomic E-state index is 0.0876. The molecular formula is C18H26BrN3O3. The van der Waals surface area contributed by atoms with Crippen LogP contribution >= 0.6 is 15.9 Å². The van der Waals surface area contributed by atoms with E-state index in [-0.39, 0.29) is 11.8 Å². The fraction of sp³-hybridized carbons (Fsp3) is 0.667. The number of piperazine rings is 1. The molecule has 0 bridgehead atoms. The summed E-state index contributed by atoms with van der Waals surface area (Å²) < 4.78 is 5.90. The summed E-state index contributed by atoms with van der Waals surface area (Å²) in [5.74, 6) is 1.64. The van der Waals surface area contributed by atoms with Crippen LogP contribution in [-0.2, 0) is 4.79 Å². The van der Waals surface area contributed by atoms with E-state index in [2.05, 4.69) is 34.7 Å². The Morgan fingerprint density at radius 3 is 2.28 bits per heavy atom. The lowest BCUT2D eigenvalue weighted by Gasteiger charge is -2.38. The smallest absolute Gasteiger partial charge is 0.289 e. The van der Waals surface area contributed by atoms with Crippen molar-refractivity contribution in [2.45, 2.75) is 20.3 Å². The second kappa shape index (κ2) is 7.91. The summed E-state index contributed by atoms with van der Waals surface area (Å²) in [6, 6.07) is 3.41. The summed E-state index contributed by atoms with van der Waals surface area (Å²) in [5.41, 5.74) is 0. The van der Waals surface area contributed by atoms with Crippen LogP contribution in [-0.4, -0.2) is 72.3 Å². The zero-order valence-corrected chi connectivity index (χ0v) is 16.5. The minimum Gasteiger partial charge on any atom is -0.444 e. The Bertz CT molecular complexity index is 615. The van der Waals surface area contributed by atoms with Crippen LogP contribution in [0.2, 0.25) is 0 Å². The zero-order chi connectivity index (χ0) is 18.0. The molecule has 2 aliphatic rings. The first-order valence-corrected chi connectivity index (χ1v) is 9.76. The molecule has 2 aliphatic heterocycles. The van der Waals surface area contributed by atoms with Gasteiger partial charge in [-0.1, -0.05) is 13.8 Å². The van der Waals surface area contributed by atoms with Crippen molar-refractivity contribution in [2.75, 3.05) is 45.8 Å². The van der Waals surface area contributed by atoms with E-state index < -0.39 is 0 Å². The largest absolute Gasteiger partial charge is 0.444 e. The van der Waals surface area contributed by atoms with E-state index in [1.807, 2.05) is 4.90 Å². The van der Waals surface area contributed by atoms with Crippen molar-refractivity contribution in [1.29, 1.82) is 0 Å². The van der Waals surface area contributed by atoms with Gasteiger partial charge in [-0.25, -0.2) is 0 Å². The maximum atomic E-state index is 12.6. The second-order valence-electron chi connectivity index (χ2n) is 7.42. The molecule has 0 aliphatic carbocycles. The van der Waals surface area contributed by atoms with E-state index in [0.717, 1.165) is 26.2 Å². The molecule has 2 saturated heterocycles. The van der Waals surface area contributed by atoms with E-state index in [1.165, 1.54) is 6.42 Å². The van der Waals surface area contributed by atoms with Gasteiger partial charge in [0.15, 0.2) is 10.4 Å². The lowest BCUT2D eigenvalue weighted by Crippen LogP contribution is -2.53. The Morgan fingerprint density at radius 2 is 1.72 bits per heavy atom. The number of hydrogen-bond acceptors (Lipinski definition) is 4. The molecule has 0 radical (unpaired) electrons. The molecule has 2 unspecified atom stereocenters. The van der Waals surface area contributed by atoms with Crippen molar-refractivity contribution in [3.05, 3.63) is 22.6 Å². The number of amides is 2. The summed E-state index contributed by atoms with van der Waals surface area (Å²) in [7, 11) is 0. The molecule has 3 heterocycles. The van der Waals surface area contributed by atoms with Crippen molar-refractivity contribution in [3.8, 4) is 0 Å². The predicted octanol–water partition coefficient (Wildman–Crippen LogP) is 2.30. The monoisotopic (exact) mass is 411 g/mol. The fourth-order valence-corrected chi connectivity index (χ4v) is 4.16. The fourth-order valence-electron chi connectivity index (χ4n) is 3.85. The minimum atomic E-state index is -0.0876. The molecule has 2 amide bonds. The molecule has 0 saturated carbocycles. The van der Waals surface area contributed by atoms with Crippen LogP contribution in [0.15, 0.2) is 21.2 Å². The molecule has 2 atom stereocenters. The van der Waals surface area contributed by atoms with Crippen molar-refractivity contribution >= 4 is 27.7 Å². The lowest BCUT2D eigenvalue weighted by molar-refractivity contribution is -0.135. The van der Waals surface area contributed by atoms with Gasteiger partial charge in [0.25, 0.3) is 5.91 Å². The molecule has 6 nitrogen and oxygen atoms in total. The number of rotatable bonds is 3. The Hall–Kier alpha value is -1.34. The third-order valence-electron chi connectivity index (χ3n) is 5.02. The number of halogens is 1. The SMILES string of the molecule is CC1CC(C)CN(C(=O)CN2CCN(C(=O)c3ccc(Br)o3)CC2)C1. The average molecular weight is 412 g/mol. The van der Waals surface area contributed by atoms with Crippen LogP contribution in [0, 0.1) is 11.8 Å². The number of carbonyl (C=O) groups excluding carboxylic acids is 2. The van der Waals surface area contributed by atoms with Gasteiger partial charge >= 0.3 is 0 Å². The Morgan fingerprint density at radius 1 is 1.08 bits per heavy atom. The third kappa shape index (κ3) is 4.64. The molecule has 25 heavy (non-hydrogen) atoms. The van der Waals surface area contributed by atoms with E-state index >= 15 is 0 Å². The molecule has 0 N–H and O–H groups in total. The van der Waals surface area contributed by atoms with Crippen molar-refractivity contribution in [3.63, 3.8) is 0 Å². The maximum Gasteiger partial charge on any atom is 0.289 e.